The van der Waals surface area contributed by atoms with Crippen molar-refractivity contribution in [1.29, 1.82) is 0 Å². The van der Waals surface area contributed by atoms with E-state index in [1.54, 1.807) is 19.1 Å². The second-order valence-electron chi connectivity index (χ2n) is 8.25. The van der Waals surface area contributed by atoms with Crippen LogP contribution < -0.4 is 5.32 Å². The molecule has 1 aromatic rings. The second kappa shape index (κ2) is 8.03. The zero-order chi connectivity index (χ0) is 18.6. The molecule has 0 aromatic heterocycles. The van der Waals surface area contributed by atoms with Crippen molar-refractivity contribution in [3.8, 4) is 0 Å². The molecule has 0 unspecified atom stereocenters. The Hall–Kier alpha value is -1.84. The zero-order valence-electron chi connectivity index (χ0n) is 16.1. The molecular weight excluding hydrogens is 314 g/mol. The van der Waals surface area contributed by atoms with E-state index in [0.29, 0.717) is 11.5 Å². The van der Waals surface area contributed by atoms with Crippen LogP contribution in [0.2, 0.25) is 0 Å². The molecule has 1 aromatic carbocycles. The number of benzene rings is 1. The summed E-state index contributed by atoms with van der Waals surface area (Å²) >= 11 is 0. The number of carbonyl (C=O) groups excluding carboxylic acids is 2. The van der Waals surface area contributed by atoms with E-state index in [4.69, 9.17) is 4.74 Å². The number of hydrogen-bond donors (Lipinski definition) is 1. The summed E-state index contributed by atoms with van der Waals surface area (Å²) in [5, 5.41) is 3.04. The zero-order valence-corrected chi connectivity index (χ0v) is 16.1. The second-order valence-corrected chi connectivity index (χ2v) is 8.25. The van der Waals surface area contributed by atoms with E-state index in [1.807, 2.05) is 12.1 Å². The topological polar surface area (TPSA) is 55.4 Å². The minimum atomic E-state index is -0.788. The molecule has 0 bridgehead atoms. The van der Waals surface area contributed by atoms with Gasteiger partial charge in [0.05, 0.1) is 5.56 Å². The van der Waals surface area contributed by atoms with Gasteiger partial charge in [-0.3, -0.25) is 4.79 Å². The summed E-state index contributed by atoms with van der Waals surface area (Å²) in [5.41, 5.74) is 1.66. The molecule has 25 heavy (non-hydrogen) atoms. The van der Waals surface area contributed by atoms with Crippen molar-refractivity contribution >= 4 is 11.9 Å². The van der Waals surface area contributed by atoms with Crippen LogP contribution in [0.5, 0.6) is 0 Å². The van der Waals surface area contributed by atoms with Crippen LogP contribution in [0.3, 0.4) is 0 Å². The van der Waals surface area contributed by atoms with Gasteiger partial charge in [0.25, 0.3) is 5.91 Å². The number of nitrogens with one attached hydrogen (secondary N) is 1. The molecule has 4 heteroatoms. The quantitative estimate of drug-likeness (QED) is 0.831. The maximum Gasteiger partial charge on any atom is 0.338 e. The third-order valence-electron chi connectivity index (χ3n) is 5.08. The van der Waals surface area contributed by atoms with Gasteiger partial charge < -0.3 is 10.1 Å². The molecule has 0 aliphatic heterocycles. The molecule has 138 valence electrons. The molecule has 1 aliphatic rings. The van der Waals surface area contributed by atoms with Gasteiger partial charge in [0.15, 0.2) is 6.10 Å². The van der Waals surface area contributed by atoms with Gasteiger partial charge in [-0.1, -0.05) is 52.7 Å². The van der Waals surface area contributed by atoms with Gasteiger partial charge in [-0.05, 0) is 48.8 Å². The van der Waals surface area contributed by atoms with Crippen LogP contribution in [0.15, 0.2) is 24.3 Å². The summed E-state index contributed by atoms with van der Waals surface area (Å²) in [6.45, 7) is 10.2. The molecule has 1 fully saturated rings. The number of esters is 1. The molecule has 1 N–H and O–H groups in total. The minimum absolute atomic E-state index is 0.0340. The van der Waals surface area contributed by atoms with Crippen LogP contribution in [-0.2, 0) is 14.9 Å². The highest BCUT2D eigenvalue weighted by Gasteiger charge is 2.26. The number of ether oxygens (including phenoxy) is 1. The summed E-state index contributed by atoms with van der Waals surface area (Å²) in [7, 11) is 0. The lowest BCUT2D eigenvalue weighted by Gasteiger charge is -2.30. The van der Waals surface area contributed by atoms with Gasteiger partial charge in [-0.2, -0.15) is 0 Å². The standard InChI is InChI=1S/C21H31NO3/c1-14-8-6-7-9-18(14)22-19(23)15(2)25-20(24)16-10-12-17(13-11-16)21(3,4)5/h10-15,18H,6-9H2,1-5H3,(H,22,23)/t14-,15-,18+/m0/s1. The fourth-order valence-electron chi connectivity index (χ4n) is 3.22. The molecule has 0 heterocycles. The predicted molar refractivity (Wildman–Crippen MR) is 99.6 cm³/mol. The number of rotatable bonds is 4. The van der Waals surface area contributed by atoms with E-state index in [2.05, 4.69) is 33.0 Å². The highest BCUT2D eigenvalue weighted by molar-refractivity contribution is 5.92. The summed E-state index contributed by atoms with van der Waals surface area (Å²) in [6, 6.07) is 7.58. The van der Waals surface area contributed by atoms with E-state index >= 15 is 0 Å². The molecule has 3 atom stereocenters. The van der Waals surface area contributed by atoms with E-state index in [-0.39, 0.29) is 17.4 Å². The van der Waals surface area contributed by atoms with Gasteiger partial charge in [-0.15, -0.1) is 0 Å². The van der Waals surface area contributed by atoms with Gasteiger partial charge in [-0.25, -0.2) is 4.79 Å². The average Bonchev–Trinajstić information content (AvgIpc) is 2.56. The Morgan fingerprint density at radius 1 is 1.12 bits per heavy atom. The van der Waals surface area contributed by atoms with E-state index in [1.165, 1.54) is 6.42 Å². The SMILES string of the molecule is C[C@H](OC(=O)c1ccc(C(C)(C)C)cc1)C(=O)N[C@@H]1CCCC[C@@H]1C. The molecule has 1 saturated carbocycles. The van der Waals surface area contributed by atoms with Crippen LogP contribution in [-0.4, -0.2) is 24.0 Å². The van der Waals surface area contributed by atoms with Crippen molar-refractivity contribution in [1.82, 2.24) is 5.32 Å². The number of carbonyl (C=O) groups is 2. The first-order valence-electron chi connectivity index (χ1n) is 9.30. The first-order valence-corrected chi connectivity index (χ1v) is 9.30. The van der Waals surface area contributed by atoms with Crippen molar-refractivity contribution in [3.05, 3.63) is 35.4 Å². The van der Waals surface area contributed by atoms with Crippen LogP contribution in [0.4, 0.5) is 0 Å². The minimum Gasteiger partial charge on any atom is -0.449 e. The lowest BCUT2D eigenvalue weighted by molar-refractivity contribution is -0.130. The highest BCUT2D eigenvalue weighted by atomic mass is 16.5. The molecule has 0 spiro atoms. The van der Waals surface area contributed by atoms with Crippen molar-refractivity contribution in [2.45, 2.75) is 77.9 Å². The van der Waals surface area contributed by atoms with Crippen LogP contribution in [0, 0.1) is 5.92 Å². The lowest BCUT2D eigenvalue weighted by atomic mass is 9.86. The lowest BCUT2D eigenvalue weighted by Crippen LogP contribution is -2.45. The maximum atomic E-state index is 12.3. The molecule has 1 aliphatic carbocycles. The average molecular weight is 345 g/mol. The van der Waals surface area contributed by atoms with E-state index in [9.17, 15) is 9.59 Å². The van der Waals surface area contributed by atoms with Crippen molar-refractivity contribution < 1.29 is 14.3 Å². The van der Waals surface area contributed by atoms with E-state index < -0.39 is 12.1 Å². The third kappa shape index (κ3) is 5.32. The van der Waals surface area contributed by atoms with Crippen molar-refractivity contribution in [2.24, 2.45) is 5.92 Å². The van der Waals surface area contributed by atoms with Gasteiger partial charge in [0, 0.05) is 6.04 Å². The molecular formula is C21H31NO3. The highest BCUT2D eigenvalue weighted by Crippen LogP contribution is 2.24. The third-order valence-corrected chi connectivity index (χ3v) is 5.08. The predicted octanol–water partition coefficient (Wildman–Crippen LogP) is 4.22. The summed E-state index contributed by atoms with van der Waals surface area (Å²) in [4.78, 5) is 24.6. The Morgan fingerprint density at radius 2 is 1.72 bits per heavy atom. The number of hydrogen-bond acceptors (Lipinski definition) is 3. The molecule has 2 rings (SSSR count). The monoisotopic (exact) mass is 345 g/mol. The Morgan fingerprint density at radius 3 is 2.28 bits per heavy atom. The first kappa shape index (κ1) is 19.5. The molecule has 0 saturated heterocycles. The number of amides is 1. The summed E-state index contributed by atoms with van der Waals surface area (Å²) in [6.07, 6.45) is 3.72. The van der Waals surface area contributed by atoms with Crippen LogP contribution in [0.25, 0.3) is 0 Å². The van der Waals surface area contributed by atoms with Crippen LogP contribution in [0.1, 0.15) is 76.2 Å². The van der Waals surface area contributed by atoms with Gasteiger partial charge >= 0.3 is 5.97 Å². The van der Waals surface area contributed by atoms with Gasteiger partial charge in [0.2, 0.25) is 0 Å². The smallest absolute Gasteiger partial charge is 0.338 e. The fraction of sp³-hybridized carbons (Fsp3) is 0.619. The van der Waals surface area contributed by atoms with E-state index in [0.717, 1.165) is 24.8 Å². The molecule has 0 radical (unpaired) electrons. The Bertz CT molecular complexity index is 601. The Balaban J connectivity index is 1.91. The summed E-state index contributed by atoms with van der Waals surface area (Å²) < 4.78 is 5.35. The Kier molecular flexibility index (Phi) is 6.26. The Labute approximate surface area is 151 Å². The fourth-order valence-corrected chi connectivity index (χ4v) is 3.22. The largest absolute Gasteiger partial charge is 0.449 e. The van der Waals surface area contributed by atoms with Gasteiger partial charge in [0.1, 0.15) is 0 Å². The normalized spacial score (nSPS) is 22.1. The van der Waals surface area contributed by atoms with Crippen molar-refractivity contribution in [2.75, 3.05) is 0 Å². The summed E-state index contributed by atoms with van der Waals surface area (Å²) in [5.74, 6) is -0.191. The van der Waals surface area contributed by atoms with Crippen molar-refractivity contribution in [3.63, 3.8) is 0 Å². The van der Waals surface area contributed by atoms with Crippen LogP contribution >= 0.6 is 0 Å². The maximum absolute atomic E-state index is 12.3. The first-order chi connectivity index (χ1) is 11.7. The molecule has 1 amide bonds. The molecule has 4 nitrogen and oxygen atoms in total.